The van der Waals surface area contributed by atoms with Gasteiger partial charge in [-0.15, -0.1) is 0 Å². The van der Waals surface area contributed by atoms with Gasteiger partial charge in [0.1, 0.15) is 12.1 Å². The Balaban J connectivity index is 2.31. The number of aromatic nitrogens is 2. The lowest BCUT2D eigenvalue weighted by Crippen LogP contribution is -2.25. The minimum absolute atomic E-state index is 0.0988. The highest BCUT2D eigenvalue weighted by Gasteiger charge is 2.31. The monoisotopic (exact) mass is 335 g/mol. The molecule has 9 heteroatoms. The number of halogens is 6. The van der Waals surface area contributed by atoms with Crippen molar-refractivity contribution >= 4 is 5.82 Å². The maximum absolute atomic E-state index is 13.8. The highest BCUT2D eigenvalue weighted by atomic mass is 19.4. The molecule has 0 unspecified atom stereocenters. The summed E-state index contributed by atoms with van der Waals surface area (Å²) in [4.78, 5) is 7.82. The van der Waals surface area contributed by atoms with Crippen LogP contribution in [0.2, 0.25) is 0 Å². The number of anilines is 1. The van der Waals surface area contributed by atoms with E-state index in [4.69, 9.17) is 0 Å². The zero-order valence-electron chi connectivity index (χ0n) is 11.8. The molecule has 0 saturated heterocycles. The molecule has 124 valence electrons. The summed E-state index contributed by atoms with van der Waals surface area (Å²) in [5, 5.41) is 0. The Labute approximate surface area is 127 Å². The van der Waals surface area contributed by atoms with Gasteiger partial charge in [0.05, 0.1) is 5.56 Å². The molecule has 0 radical (unpaired) electrons. The van der Waals surface area contributed by atoms with Gasteiger partial charge in [-0.2, -0.15) is 22.0 Å². The van der Waals surface area contributed by atoms with Crippen LogP contribution in [-0.4, -0.2) is 16.5 Å². The lowest BCUT2D eigenvalue weighted by atomic mass is 10.1. The van der Waals surface area contributed by atoms with Gasteiger partial charge in [0.15, 0.2) is 5.82 Å². The average Bonchev–Trinajstić information content (AvgIpc) is 2.48. The van der Waals surface area contributed by atoms with E-state index in [1.165, 1.54) is 4.90 Å². The van der Waals surface area contributed by atoms with Gasteiger partial charge in [-0.3, -0.25) is 0 Å². The first-order chi connectivity index (χ1) is 10.7. The summed E-state index contributed by atoms with van der Waals surface area (Å²) in [7, 11) is 0. The zero-order chi connectivity index (χ0) is 17.2. The molecule has 0 aliphatic rings. The van der Waals surface area contributed by atoms with Crippen LogP contribution in [0.25, 0.3) is 0 Å². The van der Waals surface area contributed by atoms with Crippen molar-refractivity contribution in [1.29, 1.82) is 0 Å². The van der Waals surface area contributed by atoms with E-state index in [0.717, 1.165) is 18.5 Å². The van der Waals surface area contributed by atoms with E-state index in [1.54, 1.807) is 6.92 Å². The van der Waals surface area contributed by atoms with E-state index < -0.39 is 29.3 Å². The van der Waals surface area contributed by atoms with Crippen molar-refractivity contribution in [2.45, 2.75) is 19.6 Å². The molecule has 0 N–H and O–H groups in total. The lowest BCUT2D eigenvalue weighted by molar-refractivity contribution is -0.137. The van der Waals surface area contributed by atoms with Crippen molar-refractivity contribution in [2.75, 3.05) is 11.4 Å². The van der Waals surface area contributed by atoms with Gasteiger partial charge in [-0.25, -0.2) is 14.4 Å². The van der Waals surface area contributed by atoms with Crippen LogP contribution < -0.4 is 4.90 Å². The number of nitrogens with zero attached hydrogens (tertiary/aromatic N) is 3. The van der Waals surface area contributed by atoms with E-state index in [0.29, 0.717) is 6.07 Å². The standard InChI is InChI=1S/C14H11F6N3/c1-2-23(13-11(16)12(17)21-7-22-13)6-8-3-4-9(5-10(8)15)14(18,19)20/h3-5,7H,2,6H2,1H3. The largest absolute Gasteiger partial charge is 0.416 e. The van der Waals surface area contributed by atoms with Crippen molar-refractivity contribution in [3.05, 3.63) is 53.2 Å². The smallest absolute Gasteiger partial charge is 0.350 e. The van der Waals surface area contributed by atoms with E-state index in [1.807, 2.05) is 0 Å². The predicted octanol–water partition coefficient (Wildman–Crippen LogP) is 3.94. The SMILES string of the molecule is CCN(Cc1ccc(C(F)(F)F)cc1F)c1ncnc(F)c1F. The summed E-state index contributed by atoms with van der Waals surface area (Å²) in [5.74, 6) is -4.14. The van der Waals surface area contributed by atoms with Crippen LogP contribution in [-0.2, 0) is 12.7 Å². The van der Waals surface area contributed by atoms with Crippen LogP contribution >= 0.6 is 0 Å². The molecule has 1 heterocycles. The van der Waals surface area contributed by atoms with E-state index in [-0.39, 0.29) is 24.5 Å². The number of hydrogen-bond acceptors (Lipinski definition) is 3. The molecule has 3 nitrogen and oxygen atoms in total. The number of rotatable bonds is 4. The molecular weight excluding hydrogens is 324 g/mol. The van der Waals surface area contributed by atoms with Crippen molar-refractivity contribution in [2.24, 2.45) is 0 Å². The molecule has 23 heavy (non-hydrogen) atoms. The lowest BCUT2D eigenvalue weighted by Gasteiger charge is -2.22. The Morgan fingerprint density at radius 2 is 1.78 bits per heavy atom. The van der Waals surface area contributed by atoms with Crippen molar-refractivity contribution in [3.63, 3.8) is 0 Å². The molecule has 0 atom stereocenters. The number of benzene rings is 1. The van der Waals surface area contributed by atoms with Gasteiger partial charge < -0.3 is 4.90 Å². The molecule has 0 bridgehead atoms. The molecule has 1 aromatic heterocycles. The quantitative estimate of drug-likeness (QED) is 0.626. The highest BCUT2D eigenvalue weighted by Crippen LogP contribution is 2.30. The summed E-state index contributed by atoms with van der Waals surface area (Å²) >= 11 is 0. The first-order valence-corrected chi connectivity index (χ1v) is 6.50. The number of alkyl halides is 3. The fraction of sp³-hybridized carbons (Fsp3) is 0.286. The molecule has 0 aliphatic heterocycles. The average molecular weight is 335 g/mol. The molecule has 2 rings (SSSR count). The van der Waals surface area contributed by atoms with Crippen LogP contribution in [0.15, 0.2) is 24.5 Å². The summed E-state index contributed by atoms with van der Waals surface area (Å²) in [6.45, 7) is 1.45. The van der Waals surface area contributed by atoms with Gasteiger partial charge in [0, 0.05) is 18.7 Å². The molecule has 0 aliphatic carbocycles. The molecule has 1 aromatic carbocycles. The molecule has 0 spiro atoms. The van der Waals surface area contributed by atoms with Crippen molar-refractivity contribution in [3.8, 4) is 0 Å². The van der Waals surface area contributed by atoms with Crippen LogP contribution in [0.4, 0.5) is 32.2 Å². The second-order valence-corrected chi connectivity index (χ2v) is 4.62. The normalized spacial score (nSPS) is 11.6. The first-order valence-electron chi connectivity index (χ1n) is 6.50. The molecular formula is C14H11F6N3. The third-order valence-corrected chi connectivity index (χ3v) is 3.15. The van der Waals surface area contributed by atoms with Gasteiger partial charge in [-0.05, 0) is 19.1 Å². The van der Waals surface area contributed by atoms with Crippen LogP contribution in [0, 0.1) is 17.6 Å². The van der Waals surface area contributed by atoms with Gasteiger partial charge in [-0.1, -0.05) is 6.07 Å². The van der Waals surface area contributed by atoms with Crippen LogP contribution in [0.5, 0.6) is 0 Å². The Kier molecular flexibility index (Phi) is 4.76. The van der Waals surface area contributed by atoms with E-state index in [9.17, 15) is 26.3 Å². The zero-order valence-corrected chi connectivity index (χ0v) is 11.8. The summed E-state index contributed by atoms with van der Waals surface area (Å²) in [6, 6.07) is 2.04. The Bertz CT molecular complexity index is 701. The number of hydrogen-bond donors (Lipinski definition) is 0. The van der Waals surface area contributed by atoms with E-state index in [2.05, 4.69) is 9.97 Å². The van der Waals surface area contributed by atoms with E-state index >= 15 is 0 Å². The molecule has 0 amide bonds. The summed E-state index contributed by atoms with van der Waals surface area (Å²) in [6.07, 6.45) is -3.86. The molecule has 0 fully saturated rings. The molecule has 0 saturated carbocycles. The summed E-state index contributed by atoms with van der Waals surface area (Å²) < 4.78 is 78.2. The third-order valence-electron chi connectivity index (χ3n) is 3.15. The minimum Gasteiger partial charge on any atom is -0.350 e. The Hall–Kier alpha value is -2.32. The fourth-order valence-electron chi connectivity index (χ4n) is 1.95. The maximum Gasteiger partial charge on any atom is 0.416 e. The van der Waals surface area contributed by atoms with Gasteiger partial charge in [0.25, 0.3) is 5.95 Å². The highest BCUT2D eigenvalue weighted by molar-refractivity contribution is 5.40. The Morgan fingerprint density at radius 3 is 2.35 bits per heavy atom. The van der Waals surface area contributed by atoms with Gasteiger partial charge in [0.2, 0.25) is 5.82 Å². The minimum atomic E-state index is -4.66. The summed E-state index contributed by atoms with van der Waals surface area (Å²) in [5.41, 5.74) is -1.22. The maximum atomic E-state index is 13.8. The first kappa shape index (κ1) is 17.0. The third kappa shape index (κ3) is 3.72. The van der Waals surface area contributed by atoms with Crippen LogP contribution in [0.1, 0.15) is 18.1 Å². The van der Waals surface area contributed by atoms with Crippen molar-refractivity contribution < 1.29 is 26.3 Å². The second kappa shape index (κ2) is 6.43. The fourth-order valence-corrected chi connectivity index (χ4v) is 1.95. The van der Waals surface area contributed by atoms with Gasteiger partial charge >= 0.3 is 6.18 Å². The Morgan fingerprint density at radius 1 is 1.09 bits per heavy atom. The second-order valence-electron chi connectivity index (χ2n) is 4.62. The topological polar surface area (TPSA) is 29.0 Å². The van der Waals surface area contributed by atoms with Crippen LogP contribution in [0.3, 0.4) is 0 Å². The predicted molar refractivity (Wildman–Crippen MR) is 70.1 cm³/mol. The van der Waals surface area contributed by atoms with Crippen molar-refractivity contribution in [1.82, 2.24) is 9.97 Å². The molecule has 2 aromatic rings.